The summed E-state index contributed by atoms with van der Waals surface area (Å²) < 4.78 is 0. The van der Waals surface area contributed by atoms with E-state index >= 15 is 0 Å². The zero-order valence-corrected chi connectivity index (χ0v) is 7.93. The maximum Gasteiger partial charge on any atom is 0.0719 e. The topological polar surface area (TPSA) is 46.2 Å². The second-order valence-electron chi connectivity index (χ2n) is 3.24. The number of hydrogen-bond acceptors (Lipinski definition) is 2. The lowest BCUT2D eigenvalue weighted by Crippen LogP contribution is -2.49. The van der Waals surface area contributed by atoms with Gasteiger partial charge in [-0.2, -0.15) is 0 Å². The number of hydrogen-bond donors (Lipinski definition) is 2. The van der Waals surface area contributed by atoms with Gasteiger partial charge in [0.25, 0.3) is 0 Å². The minimum atomic E-state index is -0.351. The van der Waals surface area contributed by atoms with Crippen LogP contribution in [0.2, 0.25) is 0 Å². The van der Waals surface area contributed by atoms with Gasteiger partial charge in [-0.15, -0.1) is 0 Å². The molecule has 0 aliphatic rings. The third-order valence-corrected chi connectivity index (χ3v) is 2.54. The summed E-state index contributed by atoms with van der Waals surface area (Å²) in [5, 5.41) is 9.64. The van der Waals surface area contributed by atoms with E-state index < -0.39 is 0 Å². The SMILES string of the molecule is CCCC(O)C(N)(CC)CC. The average molecular weight is 159 g/mol. The Labute approximate surface area is 69.8 Å². The summed E-state index contributed by atoms with van der Waals surface area (Å²) in [7, 11) is 0. The summed E-state index contributed by atoms with van der Waals surface area (Å²) in [6.45, 7) is 6.12. The van der Waals surface area contributed by atoms with Crippen LogP contribution in [0, 0.1) is 0 Å². The fourth-order valence-corrected chi connectivity index (χ4v) is 1.28. The molecule has 0 aromatic heterocycles. The Morgan fingerprint density at radius 3 is 2.00 bits per heavy atom. The van der Waals surface area contributed by atoms with E-state index in [0.717, 1.165) is 25.7 Å². The van der Waals surface area contributed by atoms with Crippen LogP contribution in [0.3, 0.4) is 0 Å². The zero-order chi connectivity index (χ0) is 8.91. The van der Waals surface area contributed by atoms with Gasteiger partial charge in [0.15, 0.2) is 0 Å². The van der Waals surface area contributed by atoms with Gasteiger partial charge in [0.2, 0.25) is 0 Å². The molecule has 2 heteroatoms. The molecule has 0 rings (SSSR count). The highest BCUT2D eigenvalue weighted by molar-refractivity contribution is 4.88. The molecule has 3 N–H and O–H groups in total. The second kappa shape index (κ2) is 4.73. The summed E-state index contributed by atoms with van der Waals surface area (Å²) in [6.07, 6.45) is 3.19. The van der Waals surface area contributed by atoms with Crippen molar-refractivity contribution in [3.8, 4) is 0 Å². The molecule has 0 radical (unpaired) electrons. The molecule has 0 saturated carbocycles. The molecule has 0 heterocycles. The minimum absolute atomic E-state index is 0.331. The van der Waals surface area contributed by atoms with Crippen molar-refractivity contribution >= 4 is 0 Å². The van der Waals surface area contributed by atoms with Crippen LogP contribution in [0.1, 0.15) is 46.5 Å². The minimum Gasteiger partial charge on any atom is -0.391 e. The average Bonchev–Trinajstić information content (AvgIpc) is 2.03. The van der Waals surface area contributed by atoms with Gasteiger partial charge in [0, 0.05) is 5.54 Å². The van der Waals surface area contributed by atoms with Gasteiger partial charge in [-0.05, 0) is 19.3 Å². The van der Waals surface area contributed by atoms with Gasteiger partial charge in [-0.1, -0.05) is 27.2 Å². The summed E-state index contributed by atoms with van der Waals surface area (Å²) >= 11 is 0. The first-order valence-electron chi connectivity index (χ1n) is 4.57. The van der Waals surface area contributed by atoms with E-state index in [9.17, 15) is 5.11 Å². The second-order valence-corrected chi connectivity index (χ2v) is 3.24. The first-order valence-corrected chi connectivity index (χ1v) is 4.57. The smallest absolute Gasteiger partial charge is 0.0719 e. The van der Waals surface area contributed by atoms with Gasteiger partial charge < -0.3 is 10.8 Å². The van der Waals surface area contributed by atoms with Crippen molar-refractivity contribution in [2.24, 2.45) is 5.73 Å². The fraction of sp³-hybridized carbons (Fsp3) is 1.00. The van der Waals surface area contributed by atoms with Gasteiger partial charge in [-0.25, -0.2) is 0 Å². The Kier molecular flexibility index (Phi) is 4.69. The first kappa shape index (κ1) is 10.9. The van der Waals surface area contributed by atoms with Crippen molar-refractivity contribution in [3.05, 3.63) is 0 Å². The Morgan fingerprint density at radius 2 is 1.73 bits per heavy atom. The van der Waals surface area contributed by atoms with Crippen molar-refractivity contribution in [1.29, 1.82) is 0 Å². The predicted octanol–water partition coefficient (Wildman–Crippen LogP) is 1.66. The molecule has 0 aliphatic carbocycles. The van der Waals surface area contributed by atoms with Gasteiger partial charge in [-0.3, -0.25) is 0 Å². The molecule has 0 fully saturated rings. The van der Waals surface area contributed by atoms with Gasteiger partial charge in [0.05, 0.1) is 6.10 Å². The van der Waals surface area contributed by atoms with Crippen molar-refractivity contribution < 1.29 is 5.11 Å². The zero-order valence-electron chi connectivity index (χ0n) is 7.93. The Hall–Kier alpha value is -0.0800. The van der Waals surface area contributed by atoms with E-state index in [1.807, 2.05) is 13.8 Å². The summed E-state index contributed by atoms with van der Waals surface area (Å²) in [5.41, 5.74) is 5.62. The number of nitrogens with two attached hydrogens (primary N) is 1. The van der Waals surface area contributed by atoms with Crippen LogP contribution < -0.4 is 5.73 Å². The van der Waals surface area contributed by atoms with E-state index in [0.29, 0.717) is 0 Å². The van der Waals surface area contributed by atoms with Crippen LogP contribution >= 0.6 is 0 Å². The van der Waals surface area contributed by atoms with Crippen molar-refractivity contribution in [1.82, 2.24) is 0 Å². The molecule has 1 atom stereocenters. The fourth-order valence-electron chi connectivity index (χ4n) is 1.28. The summed E-state index contributed by atoms with van der Waals surface area (Å²) in [4.78, 5) is 0. The van der Waals surface area contributed by atoms with Crippen LogP contribution in [0.4, 0.5) is 0 Å². The lowest BCUT2D eigenvalue weighted by molar-refractivity contribution is 0.0700. The van der Waals surface area contributed by atoms with Crippen molar-refractivity contribution in [2.75, 3.05) is 0 Å². The van der Waals surface area contributed by atoms with Crippen LogP contribution in [-0.2, 0) is 0 Å². The normalized spacial score (nSPS) is 15.0. The molecular weight excluding hydrogens is 138 g/mol. The molecule has 0 aliphatic heterocycles. The highest BCUT2D eigenvalue weighted by atomic mass is 16.3. The molecule has 0 saturated heterocycles. The van der Waals surface area contributed by atoms with Gasteiger partial charge >= 0.3 is 0 Å². The van der Waals surface area contributed by atoms with Crippen LogP contribution in [0.25, 0.3) is 0 Å². The summed E-state index contributed by atoms with van der Waals surface area (Å²) in [5.74, 6) is 0. The molecule has 68 valence electrons. The molecular formula is C9H21NO. The first-order chi connectivity index (χ1) is 5.10. The molecule has 2 nitrogen and oxygen atoms in total. The van der Waals surface area contributed by atoms with E-state index in [1.54, 1.807) is 0 Å². The van der Waals surface area contributed by atoms with Crippen LogP contribution in [0.15, 0.2) is 0 Å². The predicted molar refractivity (Wildman–Crippen MR) is 48.4 cm³/mol. The van der Waals surface area contributed by atoms with Crippen LogP contribution in [-0.4, -0.2) is 16.7 Å². The standard InChI is InChI=1S/C9H21NO/c1-4-7-8(11)9(10,5-2)6-3/h8,11H,4-7,10H2,1-3H3. The third kappa shape index (κ3) is 2.80. The van der Waals surface area contributed by atoms with E-state index in [4.69, 9.17) is 5.73 Å². The van der Waals surface area contributed by atoms with Crippen LogP contribution in [0.5, 0.6) is 0 Å². The summed E-state index contributed by atoms with van der Waals surface area (Å²) in [6, 6.07) is 0. The number of aliphatic hydroxyl groups is 1. The van der Waals surface area contributed by atoms with E-state index in [2.05, 4.69) is 6.92 Å². The Morgan fingerprint density at radius 1 is 1.27 bits per heavy atom. The molecule has 0 aromatic rings. The van der Waals surface area contributed by atoms with E-state index in [-0.39, 0.29) is 11.6 Å². The highest BCUT2D eigenvalue weighted by Gasteiger charge is 2.28. The molecule has 1 unspecified atom stereocenters. The quantitative estimate of drug-likeness (QED) is 0.641. The third-order valence-electron chi connectivity index (χ3n) is 2.54. The largest absolute Gasteiger partial charge is 0.391 e. The number of rotatable bonds is 5. The Bertz CT molecular complexity index is 99.7. The monoisotopic (exact) mass is 159 g/mol. The highest BCUT2D eigenvalue weighted by Crippen LogP contribution is 2.19. The lowest BCUT2D eigenvalue weighted by Gasteiger charge is -2.32. The molecule has 0 spiro atoms. The van der Waals surface area contributed by atoms with Crippen molar-refractivity contribution in [3.63, 3.8) is 0 Å². The molecule has 0 amide bonds. The maximum absolute atomic E-state index is 9.64. The number of aliphatic hydroxyl groups excluding tert-OH is 1. The molecule has 11 heavy (non-hydrogen) atoms. The van der Waals surface area contributed by atoms with E-state index in [1.165, 1.54) is 0 Å². The maximum atomic E-state index is 9.64. The Balaban J connectivity index is 4.00. The molecule has 0 bridgehead atoms. The van der Waals surface area contributed by atoms with Crippen molar-refractivity contribution in [2.45, 2.75) is 58.1 Å². The van der Waals surface area contributed by atoms with Gasteiger partial charge in [0.1, 0.15) is 0 Å². The lowest BCUT2D eigenvalue weighted by atomic mass is 9.85. The molecule has 0 aromatic carbocycles.